The molecule has 0 aliphatic heterocycles. The lowest BCUT2D eigenvalue weighted by molar-refractivity contribution is 0.223. The van der Waals surface area contributed by atoms with Crippen molar-refractivity contribution >= 4 is 6.03 Å². The van der Waals surface area contributed by atoms with Gasteiger partial charge in [-0.3, -0.25) is 0 Å². The monoisotopic (exact) mass is 264 g/mol. The Labute approximate surface area is 115 Å². The molecule has 2 amide bonds. The number of carbonyl (C=O) groups excluding carboxylic acids is 1. The lowest BCUT2D eigenvalue weighted by Crippen LogP contribution is -2.39. The second kappa shape index (κ2) is 8.40. The van der Waals surface area contributed by atoms with Crippen molar-refractivity contribution in [1.29, 1.82) is 0 Å². The lowest BCUT2D eigenvalue weighted by Gasteiger charge is -2.10. The maximum Gasteiger partial charge on any atom is 0.317 e. The molecule has 0 aromatic heterocycles. The molecule has 0 heterocycles. The molecule has 0 spiro atoms. The van der Waals surface area contributed by atoms with Gasteiger partial charge >= 0.3 is 6.03 Å². The van der Waals surface area contributed by atoms with Crippen LogP contribution in [0.25, 0.3) is 0 Å². The molecule has 0 bridgehead atoms. The molecule has 0 aliphatic rings. The molecule has 106 valence electrons. The molecule has 4 nitrogen and oxygen atoms in total. The van der Waals surface area contributed by atoms with Gasteiger partial charge in [-0.2, -0.15) is 0 Å². The van der Waals surface area contributed by atoms with Crippen LogP contribution in [0, 0.1) is 5.92 Å². The zero-order valence-corrected chi connectivity index (χ0v) is 12.0. The van der Waals surface area contributed by atoms with Gasteiger partial charge in [0, 0.05) is 6.54 Å². The molecular weight excluding hydrogens is 240 g/mol. The van der Waals surface area contributed by atoms with Crippen LogP contribution >= 0.6 is 0 Å². The first-order valence-corrected chi connectivity index (χ1v) is 6.85. The minimum Gasteiger partial charge on any atom is -0.473 e. The number of rotatable bonds is 7. The SMILES string of the molecule is CCCc1ccc(OCNC(=O)NCC(C)C)cc1. The standard InChI is InChI=1S/C15H24N2O2/c1-4-5-13-6-8-14(9-7-13)19-11-17-15(18)16-10-12(2)3/h6-9,12H,4-5,10-11H2,1-3H3,(H2,16,17,18). The summed E-state index contributed by atoms with van der Waals surface area (Å²) in [7, 11) is 0. The highest BCUT2D eigenvalue weighted by Crippen LogP contribution is 2.12. The quantitative estimate of drug-likeness (QED) is 0.744. The van der Waals surface area contributed by atoms with E-state index >= 15 is 0 Å². The Balaban J connectivity index is 2.23. The summed E-state index contributed by atoms with van der Waals surface area (Å²) in [4.78, 5) is 11.4. The summed E-state index contributed by atoms with van der Waals surface area (Å²) in [5.41, 5.74) is 1.30. The molecule has 0 aliphatic carbocycles. The van der Waals surface area contributed by atoms with Crippen molar-refractivity contribution in [3.05, 3.63) is 29.8 Å². The fourth-order valence-corrected chi connectivity index (χ4v) is 1.59. The van der Waals surface area contributed by atoms with Gasteiger partial charge in [-0.15, -0.1) is 0 Å². The van der Waals surface area contributed by atoms with Crippen molar-refractivity contribution in [2.24, 2.45) is 5.92 Å². The Hall–Kier alpha value is -1.71. The summed E-state index contributed by atoms with van der Waals surface area (Å²) in [6.45, 7) is 7.10. The van der Waals surface area contributed by atoms with E-state index in [0.29, 0.717) is 12.5 Å². The van der Waals surface area contributed by atoms with Gasteiger partial charge in [0.25, 0.3) is 0 Å². The van der Waals surface area contributed by atoms with Gasteiger partial charge in [0.05, 0.1) is 0 Å². The van der Waals surface area contributed by atoms with Gasteiger partial charge in [0.15, 0.2) is 6.73 Å². The highest BCUT2D eigenvalue weighted by atomic mass is 16.5. The second-order valence-corrected chi connectivity index (χ2v) is 4.96. The smallest absolute Gasteiger partial charge is 0.317 e. The number of hydrogen-bond acceptors (Lipinski definition) is 2. The van der Waals surface area contributed by atoms with Gasteiger partial charge in [-0.25, -0.2) is 4.79 Å². The molecule has 2 N–H and O–H groups in total. The van der Waals surface area contributed by atoms with Crippen molar-refractivity contribution in [3.63, 3.8) is 0 Å². The fourth-order valence-electron chi connectivity index (χ4n) is 1.59. The average Bonchev–Trinajstić information content (AvgIpc) is 2.39. The molecule has 4 heteroatoms. The number of aryl methyl sites for hydroxylation is 1. The van der Waals surface area contributed by atoms with E-state index in [0.717, 1.165) is 18.6 Å². The van der Waals surface area contributed by atoms with E-state index in [4.69, 9.17) is 4.74 Å². The summed E-state index contributed by atoms with van der Waals surface area (Å²) in [6.07, 6.45) is 2.22. The van der Waals surface area contributed by atoms with Crippen molar-refractivity contribution in [1.82, 2.24) is 10.6 Å². The van der Waals surface area contributed by atoms with E-state index in [9.17, 15) is 4.79 Å². The molecule has 0 radical (unpaired) electrons. The number of ether oxygens (including phenoxy) is 1. The van der Waals surface area contributed by atoms with Crippen LogP contribution in [0.3, 0.4) is 0 Å². The Kier molecular flexibility index (Phi) is 6.79. The van der Waals surface area contributed by atoms with Gasteiger partial charge in [-0.1, -0.05) is 39.3 Å². The van der Waals surface area contributed by atoms with E-state index in [2.05, 4.69) is 43.5 Å². The van der Waals surface area contributed by atoms with E-state index in [1.54, 1.807) is 0 Å². The molecule has 0 atom stereocenters. The first-order valence-electron chi connectivity index (χ1n) is 6.85. The van der Waals surface area contributed by atoms with Crippen molar-refractivity contribution in [3.8, 4) is 5.75 Å². The van der Waals surface area contributed by atoms with E-state index < -0.39 is 0 Å². The normalized spacial score (nSPS) is 10.3. The van der Waals surface area contributed by atoms with E-state index in [1.807, 2.05) is 12.1 Å². The number of amides is 2. The third-order valence-electron chi connectivity index (χ3n) is 2.60. The third kappa shape index (κ3) is 6.70. The molecule has 1 rings (SSSR count). The van der Waals surface area contributed by atoms with Crippen LogP contribution in [-0.4, -0.2) is 19.3 Å². The zero-order valence-electron chi connectivity index (χ0n) is 12.0. The van der Waals surface area contributed by atoms with Crippen LogP contribution in [0.5, 0.6) is 5.75 Å². The predicted molar refractivity (Wildman–Crippen MR) is 77.3 cm³/mol. The first-order chi connectivity index (χ1) is 9.11. The predicted octanol–water partition coefficient (Wildman–Crippen LogP) is 2.93. The molecule has 0 fully saturated rings. The molecule has 0 saturated heterocycles. The summed E-state index contributed by atoms with van der Waals surface area (Å²) < 4.78 is 5.44. The minimum atomic E-state index is -0.198. The average molecular weight is 264 g/mol. The maximum absolute atomic E-state index is 11.4. The van der Waals surface area contributed by atoms with Crippen LogP contribution in [0.1, 0.15) is 32.8 Å². The highest BCUT2D eigenvalue weighted by molar-refractivity contribution is 5.73. The van der Waals surface area contributed by atoms with Crippen LogP contribution in [0.4, 0.5) is 4.79 Å². The lowest BCUT2D eigenvalue weighted by atomic mass is 10.1. The Morgan fingerprint density at radius 3 is 2.47 bits per heavy atom. The first kappa shape index (κ1) is 15.3. The Morgan fingerprint density at radius 1 is 1.21 bits per heavy atom. The molecule has 19 heavy (non-hydrogen) atoms. The topological polar surface area (TPSA) is 50.4 Å². The minimum absolute atomic E-state index is 0.178. The number of carbonyl (C=O) groups is 1. The second-order valence-electron chi connectivity index (χ2n) is 4.96. The summed E-state index contributed by atoms with van der Waals surface area (Å²) in [5.74, 6) is 1.21. The molecule has 0 saturated carbocycles. The highest BCUT2D eigenvalue weighted by Gasteiger charge is 2.01. The summed E-state index contributed by atoms with van der Waals surface area (Å²) in [5, 5.41) is 5.42. The number of urea groups is 1. The van der Waals surface area contributed by atoms with Gasteiger partial charge in [0.2, 0.25) is 0 Å². The van der Waals surface area contributed by atoms with Crippen molar-refractivity contribution in [2.75, 3.05) is 13.3 Å². The zero-order chi connectivity index (χ0) is 14.1. The van der Waals surface area contributed by atoms with Gasteiger partial charge in [0.1, 0.15) is 5.75 Å². The van der Waals surface area contributed by atoms with Gasteiger partial charge < -0.3 is 15.4 Å². The number of benzene rings is 1. The Morgan fingerprint density at radius 2 is 1.89 bits per heavy atom. The van der Waals surface area contributed by atoms with Crippen LogP contribution in [-0.2, 0) is 6.42 Å². The molecule has 0 unspecified atom stereocenters. The van der Waals surface area contributed by atoms with E-state index in [1.165, 1.54) is 5.56 Å². The molecule has 1 aromatic carbocycles. The Bertz CT molecular complexity index is 374. The van der Waals surface area contributed by atoms with Crippen molar-refractivity contribution < 1.29 is 9.53 Å². The molecular formula is C15H24N2O2. The summed E-state index contributed by atoms with van der Waals surface area (Å²) in [6, 6.07) is 7.77. The van der Waals surface area contributed by atoms with Gasteiger partial charge in [-0.05, 0) is 30.0 Å². The van der Waals surface area contributed by atoms with Crippen LogP contribution in [0.2, 0.25) is 0 Å². The fraction of sp³-hybridized carbons (Fsp3) is 0.533. The summed E-state index contributed by atoms with van der Waals surface area (Å²) >= 11 is 0. The van der Waals surface area contributed by atoms with E-state index in [-0.39, 0.29) is 12.8 Å². The van der Waals surface area contributed by atoms with Crippen LogP contribution in [0.15, 0.2) is 24.3 Å². The van der Waals surface area contributed by atoms with Crippen molar-refractivity contribution in [2.45, 2.75) is 33.6 Å². The largest absolute Gasteiger partial charge is 0.473 e. The van der Waals surface area contributed by atoms with Crippen LogP contribution < -0.4 is 15.4 Å². The maximum atomic E-state index is 11.4. The number of nitrogens with one attached hydrogen (secondary N) is 2. The number of hydrogen-bond donors (Lipinski definition) is 2. The third-order valence-corrected chi connectivity index (χ3v) is 2.60. The molecule has 1 aromatic rings.